The standard InChI is InChI=1S/C8H18N4OSi/c1-14(2,3)5-4-13-7-12-6-10-11-8(12)9/h6H,4-5,7H2,1-3H3,(H2,9,11). The molecule has 0 radical (unpaired) electrons. The average Bonchev–Trinajstić information content (AvgIpc) is 2.44. The molecule has 0 aliphatic carbocycles. The summed E-state index contributed by atoms with van der Waals surface area (Å²) in [6.45, 7) is 8.20. The maximum absolute atomic E-state index is 5.53. The van der Waals surface area contributed by atoms with Crippen LogP contribution >= 0.6 is 0 Å². The summed E-state index contributed by atoms with van der Waals surface area (Å²) >= 11 is 0. The van der Waals surface area contributed by atoms with E-state index in [2.05, 4.69) is 29.8 Å². The van der Waals surface area contributed by atoms with Gasteiger partial charge < -0.3 is 10.5 Å². The van der Waals surface area contributed by atoms with Gasteiger partial charge in [-0.15, -0.1) is 10.2 Å². The minimum Gasteiger partial charge on any atom is -0.368 e. The molecule has 0 saturated heterocycles. The molecular formula is C8H18N4OSi. The Morgan fingerprint density at radius 1 is 1.50 bits per heavy atom. The first-order valence-electron chi connectivity index (χ1n) is 4.70. The largest absolute Gasteiger partial charge is 0.368 e. The molecule has 2 N–H and O–H groups in total. The van der Waals surface area contributed by atoms with Gasteiger partial charge in [0.2, 0.25) is 5.95 Å². The van der Waals surface area contributed by atoms with Gasteiger partial charge in [0, 0.05) is 14.7 Å². The van der Waals surface area contributed by atoms with Gasteiger partial charge in [-0.1, -0.05) is 19.6 Å². The third-order valence-corrected chi connectivity index (χ3v) is 3.58. The number of anilines is 1. The third kappa shape index (κ3) is 3.88. The second kappa shape index (κ2) is 4.56. The maximum Gasteiger partial charge on any atom is 0.223 e. The number of nitrogen functional groups attached to an aromatic ring is 1. The lowest BCUT2D eigenvalue weighted by Crippen LogP contribution is -2.22. The molecule has 0 spiro atoms. The molecule has 14 heavy (non-hydrogen) atoms. The van der Waals surface area contributed by atoms with Gasteiger partial charge in [0.15, 0.2) is 0 Å². The lowest BCUT2D eigenvalue weighted by Gasteiger charge is -2.15. The van der Waals surface area contributed by atoms with Gasteiger partial charge in [-0.25, -0.2) is 0 Å². The normalized spacial score (nSPS) is 11.9. The topological polar surface area (TPSA) is 66.0 Å². The van der Waals surface area contributed by atoms with Crippen molar-refractivity contribution in [3.8, 4) is 0 Å². The van der Waals surface area contributed by atoms with E-state index < -0.39 is 8.07 Å². The van der Waals surface area contributed by atoms with Crippen LogP contribution in [0.3, 0.4) is 0 Å². The predicted molar refractivity (Wildman–Crippen MR) is 58.5 cm³/mol. The van der Waals surface area contributed by atoms with Crippen molar-refractivity contribution in [2.75, 3.05) is 12.3 Å². The highest BCUT2D eigenvalue weighted by Crippen LogP contribution is 2.08. The number of aromatic nitrogens is 3. The Hall–Kier alpha value is -0.883. The summed E-state index contributed by atoms with van der Waals surface area (Å²) in [7, 11) is -0.990. The van der Waals surface area contributed by atoms with E-state index in [0.717, 1.165) is 12.7 Å². The zero-order chi connectivity index (χ0) is 10.6. The monoisotopic (exact) mass is 214 g/mol. The first kappa shape index (κ1) is 11.2. The van der Waals surface area contributed by atoms with Crippen LogP contribution in [0.15, 0.2) is 6.33 Å². The van der Waals surface area contributed by atoms with Crippen molar-refractivity contribution in [3.63, 3.8) is 0 Å². The Morgan fingerprint density at radius 3 is 2.71 bits per heavy atom. The molecule has 1 rings (SSSR count). The van der Waals surface area contributed by atoms with Gasteiger partial charge in [0.25, 0.3) is 0 Å². The summed E-state index contributed by atoms with van der Waals surface area (Å²) in [4.78, 5) is 0. The molecule has 0 aromatic carbocycles. The highest BCUT2D eigenvalue weighted by molar-refractivity contribution is 6.76. The van der Waals surface area contributed by atoms with Gasteiger partial charge in [0.05, 0.1) is 0 Å². The summed E-state index contributed by atoms with van der Waals surface area (Å²) in [5.74, 6) is 0.401. The number of nitrogens with zero attached hydrogens (tertiary/aromatic N) is 3. The molecule has 6 heteroatoms. The average molecular weight is 214 g/mol. The minimum atomic E-state index is -0.990. The zero-order valence-electron chi connectivity index (χ0n) is 9.03. The quantitative estimate of drug-likeness (QED) is 0.590. The second-order valence-electron chi connectivity index (χ2n) is 4.51. The van der Waals surface area contributed by atoms with Crippen LogP contribution in [0.2, 0.25) is 25.7 Å². The summed E-state index contributed by atoms with van der Waals surface area (Å²) in [5.41, 5.74) is 5.53. The summed E-state index contributed by atoms with van der Waals surface area (Å²) in [5, 5.41) is 7.33. The molecule has 0 saturated carbocycles. The summed E-state index contributed by atoms with van der Waals surface area (Å²) in [6.07, 6.45) is 1.57. The Morgan fingerprint density at radius 2 is 2.21 bits per heavy atom. The van der Waals surface area contributed by atoms with Crippen LogP contribution in [0.4, 0.5) is 5.95 Å². The van der Waals surface area contributed by atoms with Crippen molar-refractivity contribution in [3.05, 3.63) is 6.33 Å². The molecule has 5 nitrogen and oxygen atoms in total. The van der Waals surface area contributed by atoms with Gasteiger partial charge in [-0.05, 0) is 6.04 Å². The van der Waals surface area contributed by atoms with Crippen LogP contribution in [-0.2, 0) is 11.5 Å². The van der Waals surface area contributed by atoms with Crippen molar-refractivity contribution in [1.29, 1.82) is 0 Å². The van der Waals surface area contributed by atoms with E-state index in [0.29, 0.717) is 12.7 Å². The molecule has 0 fully saturated rings. The fourth-order valence-corrected chi connectivity index (χ4v) is 1.66. The maximum atomic E-state index is 5.53. The van der Waals surface area contributed by atoms with Crippen LogP contribution < -0.4 is 5.73 Å². The fourth-order valence-electron chi connectivity index (χ4n) is 0.905. The Balaban J connectivity index is 2.20. The Bertz CT molecular complexity index is 281. The van der Waals surface area contributed by atoms with Crippen LogP contribution in [0.25, 0.3) is 0 Å². The molecule has 0 aliphatic heterocycles. The number of hydrogen-bond donors (Lipinski definition) is 1. The molecule has 0 bridgehead atoms. The summed E-state index contributed by atoms with van der Waals surface area (Å²) in [6, 6.07) is 1.16. The van der Waals surface area contributed by atoms with E-state index in [9.17, 15) is 0 Å². The summed E-state index contributed by atoms with van der Waals surface area (Å²) < 4.78 is 7.16. The molecule has 1 aromatic heterocycles. The molecule has 0 amide bonds. The van der Waals surface area contributed by atoms with Crippen molar-refractivity contribution in [2.24, 2.45) is 0 Å². The van der Waals surface area contributed by atoms with Crippen LogP contribution in [-0.4, -0.2) is 29.4 Å². The highest BCUT2D eigenvalue weighted by Gasteiger charge is 2.12. The number of nitrogens with two attached hydrogens (primary N) is 1. The van der Waals surface area contributed by atoms with Crippen molar-refractivity contribution in [2.45, 2.75) is 32.4 Å². The lowest BCUT2D eigenvalue weighted by molar-refractivity contribution is 0.0884. The first-order chi connectivity index (χ1) is 6.49. The first-order valence-corrected chi connectivity index (χ1v) is 8.41. The Labute approximate surface area is 85.3 Å². The van der Waals surface area contributed by atoms with Crippen LogP contribution in [0, 0.1) is 0 Å². The van der Waals surface area contributed by atoms with E-state index in [1.54, 1.807) is 10.9 Å². The van der Waals surface area contributed by atoms with Crippen LogP contribution in [0.1, 0.15) is 0 Å². The molecule has 1 heterocycles. The molecule has 0 unspecified atom stereocenters. The van der Waals surface area contributed by atoms with Crippen molar-refractivity contribution < 1.29 is 4.74 Å². The van der Waals surface area contributed by atoms with E-state index in [1.807, 2.05) is 0 Å². The number of rotatable bonds is 5. The smallest absolute Gasteiger partial charge is 0.223 e. The second-order valence-corrected chi connectivity index (χ2v) is 10.1. The molecule has 1 aromatic rings. The Kier molecular flexibility index (Phi) is 3.65. The number of hydrogen-bond acceptors (Lipinski definition) is 4. The molecule has 80 valence electrons. The molecule has 0 aliphatic rings. The van der Waals surface area contributed by atoms with E-state index in [1.165, 1.54) is 0 Å². The zero-order valence-corrected chi connectivity index (χ0v) is 10.0. The fraction of sp³-hybridized carbons (Fsp3) is 0.750. The predicted octanol–water partition coefficient (Wildman–Crippen LogP) is 1.17. The van der Waals surface area contributed by atoms with Gasteiger partial charge in [-0.2, -0.15) is 0 Å². The van der Waals surface area contributed by atoms with E-state index >= 15 is 0 Å². The van der Waals surface area contributed by atoms with Gasteiger partial charge in [-0.3, -0.25) is 4.57 Å². The van der Waals surface area contributed by atoms with Crippen LogP contribution in [0.5, 0.6) is 0 Å². The third-order valence-electron chi connectivity index (χ3n) is 1.87. The van der Waals surface area contributed by atoms with Crippen molar-refractivity contribution in [1.82, 2.24) is 14.8 Å². The van der Waals surface area contributed by atoms with E-state index in [4.69, 9.17) is 10.5 Å². The SMILES string of the molecule is C[Si](C)(C)CCOCn1cnnc1N. The van der Waals surface area contributed by atoms with E-state index in [-0.39, 0.29) is 0 Å². The highest BCUT2D eigenvalue weighted by atomic mass is 28.3. The molecular weight excluding hydrogens is 196 g/mol. The van der Waals surface area contributed by atoms with Gasteiger partial charge in [0.1, 0.15) is 13.1 Å². The van der Waals surface area contributed by atoms with Crippen molar-refractivity contribution >= 4 is 14.0 Å². The lowest BCUT2D eigenvalue weighted by atomic mass is 10.8. The molecule has 0 atom stereocenters. The number of ether oxygens (including phenoxy) is 1. The minimum absolute atomic E-state index is 0.401. The van der Waals surface area contributed by atoms with Gasteiger partial charge >= 0.3 is 0 Å².